The number of hydrogen-bond donors (Lipinski definition) is 1. The molecule has 0 aliphatic heterocycles. The van der Waals surface area contributed by atoms with Crippen molar-refractivity contribution in [2.75, 3.05) is 13.6 Å². The van der Waals surface area contributed by atoms with Gasteiger partial charge in [0.05, 0.1) is 0 Å². The normalized spacial score (nSPS) is 10.4. The zero-order chi connectivity index (χ0) is 10.4. The lowest BCUT2D eigenvalue weighted by Gasteiger charge is -2.03. The van der Waals surface area contributed by atoms with E-state index in [2.05, 4.69) is 10.3 Å². The molecule has 1 rings (SSSR count). The van der Waals surface area contributed by atoms with Crippen molar-refractivity contribution in [3.8, 4) is 0 Å². The lowest BCUT2D eigenvalue weighted by atomic mass is 10.2. The number of Topliss-reactive ketones (excluding diaryl/α,β-unsaturated/α-hetero) is 1. The highest BCUT2D eigenvalue weighted by Crippen LogP contribution is 2.03. The van der Waals surface area contributed by atoms with Crippen molar-refractivity contribution in [1.29, 1.82) is 0 Å². The van der Waals surface area contributed by atoms with Gasteiger partial charge in [-0.25, -0.2) is 4.98 Å². The summed E-state index contributed by atoms with van der Waals surface area (Å²) in [5.74, 6) is 0.718. The second kappa shape index (κ2) is 5.54. The third-order valence-corrected chi connectivity index (χ3v) is 2.14. The van der Waals surface area contributed by atoms with Crippen LogP contribution in [0.5, 0.6) is 0 Å². The molecular weight excluding hydrogens is 178 g/mol. The number of aromatic nitrogens is 2. The number of carbonyl (C=O) groups excluding carboxylic acids is 1. The van der Waals surface area contributed by atoms with E-state index in [1.165, 1.54) is 0 Å². The van der Waals surface area contributed by atoms with E-state index in [0.717, 1.165) is 19.5 Å². The van der Waals surface area contributed by atoms with Crippen LogP contribution in [-0.4, -0.2) is 28.9 Å². The number of aryl methyl sites for hydroxylation is 1. The number of carbonyl (C=O) groups is 1. The SMILES string of the molecule is CCn1ccnc1C(=O)CCCNC. The van der Waals surface area contributed by atoms with E-state index in [0.29, 0.717) is 12.2 Å². The van der Waals surface area contributed by atoms with Crippen LogP contribution in [0.1, 0.15) is 30.4 Å². The van der Waals surface area contributed by atoms with Crippen molar-refractivity contribution in [3.05, 3.63) is 18.2 Å². The van der Waals surface area contributed by atoms with Crippen LogP contribution in [0.15, 0.2) is 12.4 Å². The predicted molar refractivity (Wildman–Crippen MR) is 55.4 cm³/mol. The Morgan fingerprint density at radius 2 is 2.43 bits per heavy atom. The smallest absolute Gasteiger partial charge is 0.198 e. The maximum Gasteiger partial charge on any atom is 0.198 e. The molecule has 0 aromatic carbocycles. The first-order valence-corrected chi connectivity index (χ1v) is 4.98. The van der Waals surface area contributed by atoms with Crippen molar-refractivity contribution in [3.63, 3.8) is 0 Å². The molecule has 0 aliphatic rings. The third-order valence-electron chi connectivity index (χ3n) is 2.14. The highest BCUT2D eigenvalue weighted by atomic mass is 16.1. The number of nitrogens with zero attached hydrogens (tertiary/aromatic N) is 2. The first-order valence-electron chi connectivity index (χ1n) is 4.98. The van der Waals surface area contributed by atoms with E-state index in [9.17, 15) is 4.79 Å². The van der Waals surface area contributed by atoms with Crippen LogP contribution in [0.25, 0.3) is 0 Å². The fourth-order valence-electron chi connectivity index (χ4n) is 1.35. The fraction of sp³-hybridized carbons (Fsp3) is 0.600. The summed E-state index contributed by atoms with van der Waals surface area (Å²) in [4.78, 5) is 15.7. The Bertz CT molecular complexity index is 293. The van der Waals surface area contributed by atoms with Crippen LogP contribution in [0.2, 0.25) is 0 Å². The summed E-state index contributed by atoms with van der Waals surface area (Å²) in [5.41, 5.74) is 0. The van der Waals surface area contributed by atoms with Gasteiger partial charge in [0.25, 0.3) is 0 Å². The van der Waals surface area contributed by atoms with Crippen molar-refractivity contribution in [2.24, 2.45) is 0 Å². The first-order chi connectivity index (χ1) is 6.79. The van der Waals surface area contributed by atoms with Crippen LogP contribution in [0, 0.1) is 0 Å². The van der Waals surface area contributed by atoms with Gasteiger partial charge in [0.1, 0.15) is 0 Å². The Morgan fingerprint density at radius 3 is 3.07 bits per heavy atom. The molecule has 0 fully saturated rings. The summed E-state index contributed by atoms with van der Waals surface area (Å²) in [6.07, 6.45) is 4.95. The standard InChI is InChI=1S/C10H17N3O/c1-3-13-8-7-12-10(13)9(14)5-4-6-11-2/h7-8,11H,3-6H2,1-2H3. The highest BCUT2D eigenvalue weighted by molar-refractivity contribution is 5.92. The highest BCUT2D eigenvalue weighted by Gasteiger charge is 2.10. The van der Waals surface area contributed by atoms with Gasteiger partial charge < -0.3 is 9.88 Å². The molecule has 1 aromatic heterocycles. The fourth-order valence-corrected chi connectivity index (χ4v) is 1.35. The summed E-state index contributed by atoms with van der Waals surface area (Å²) in [6.45, 7) is 3.68. The van der Waals surface area contributed by atoms with Gasteiger partial charge in [-0.05, 0) is 26.9 Å². The average molecular weight is 195 g/mol. The van der Waals surface area contributed by atoms with Gasteiger partial charge in [-0.15, -0.1) is 0 Å². The lowest BCUT2D eigenvalue weighted by Crippen LogP contribution is -2.13. The molecule has 0 radical (unpaired) electrons. The monoisotopic (exact) mass is 195 g/mol. The number of hydrogen-bond acceptors (Lipinski definition) is 3. The third kappa shape index (κ3) is 2.67. The molecule has 1 aromatic rings. The second-order valence-electron chi connectivity index (χ2n) is 3.17. The minimum atomic E-state index is 0.132. The Kier molecular flexibility index (Phi) is 4.32. The molecular formula is C10H17N3O. The van der Waals surface area contributed by atoms with E-state index < -0.39 is 0 Å². The van der Waals surface area contributed by atoms with Crippen LogP contribution in [0.3, 0.4) is 0 Å². The largest absolute Gasteiger partial charge is 0.329 e. The molecule has 0 aliphatic carbocycles. The Balaban J connectivity index is 2.51. The molecule has 78 valence electrons. The molecule has 0 unspecified atom stereocenters. The molecule has 0 spiro atoms. The van der Waals surface area contributed by atoms with Crippen LogP contribution >= 0.6 is 0 Å². The van der Waals surface area contributed by atoms with E-state index >= 15 is 0 Å². The van der Waals surface area contributed by atoms with Crippen molar-refractivity contribution < 1.29 is 4.79 Å². The Morgan fingerprint density at radius 1 is 1.64 bits per heavy atom. The molecule has 4 heteroatoms. The van der Waals surface area contributed by atoms with Crippen molar-refractivity contribution in [1.82, 2.24) is 14.9 Å². The van der Waals surface area contributed by atoms with E-state index in [1.54, 1.807) is 6.20 Å². The van der Waals surface area contributed by atoms with Gasteiger partial charge in [-0.1, -0.05) is 0 Å². The van der Waals surface area contributed by atoms with Gasteiger partial charge in [0.15, 0.2) is 11.6 Å². The summed E-state index contributed by atoms with van der Waals surface area (Å²) in [6, 6.07) is 0. The lowest BCUT2D eigenvalue weighted by molar-refractivity contribution is 0.0966. The molecule has 14 heavy (non-hydrogen) atoms. The summed E-state index contributed by atoms with van der Waals surface area (Å²) in [7, 11) is 1.89. The van der Waals surface area contributed by atoms with Crippen molar-refractivity contribution >= 4 is 5.78 Å². The molecule has 0 amide bonds. The Labute approximate surface area is 84.3 Å². The maximum atomic E-state index is 11.6. The average Bonchev–Trinajstić information content (AvgIpc) is 2.65. The minimum Gasteiger partial charge on any atom is -0.329 e. The zero-order valence-corrected chi connectivity index (χ0v) is 8.79. The van der Waals surface area contributed by atoms with E-state index in [-0.39, 0.29) is 5.78 Å². The van der Waals surface area contributed by atoms with Crippen molar-refractivity contribution in [2.45, 2.75) is 26.3 Å². The molecule has 0 atom stereocenters. The number of ketones is 1. The topological polar surface area (TPSA) is 46.9 Å². The second-order valence-corrected chi connectivity index (χ2v) is 3.17. The summed E-state index contributed by atoms with van der Waals surface area (Å²) < 4.78 is 1.88. The van der Waals surface area contributed by atoms with E-state index in [1.807, 2.05) is 24.7 Å². The first kappa shape index (κ1) is 10.9. The molecule has 0 saturated carbocycles. The summed E-state index contributed by atoms with van der Waals surface area (Å²) in [5, 5.41) is 3.02. The molecule has 1 heterocycles. The number of imidazole rings is 1. The molecule has 1 N–H and O–H groups in total. The van der Waals surface area contributed by atoms with Gasteiger partial charge in [0.2, 0.25) is 0 Å². The number of rotatable bonds is 6. The van der Waals surface area contributed by atoms with Gasteiger partial charge in [-0.2, -0.15) is 0 Å². The van der Waals surface area contributed by atoms with Gasteiger partial charge in [-0.3, -0.25) is 4.79 Å². The predicted octanol–water partition coefficient (Wildman–Crippen LogP) is 1.09. The summed E-state index contributed by atoms with van der Waals surface area (Å²) >= 11 is 0. The van der Waals surface area contributed by atoms with Gasteiger partial charge in [0, 0.05) is 25.4 Å². The molecule has 4 nitrogen and oxygen atoms in total. The zero-order valence-electron chi connectivity index (χ0n) is 8.79. The van der Waals surface area contributed by atoms with Crippen LogP contribution in [0.4, 0.5) is 0 Å². The maximum absolute atomic E-state index is 11.6. The molecule has 0 bridgehead atoms. The van der Waals surface area contributed by atoms with Gasteiger partial charge >= 0.3 is 0 Å². The quantitative estimate of drug-likeness (QED) is 0.546. The van der Waals surface area contributed by atoms with E-state index in [4.69, 9.17) is 0 Å². The Hall–Kier alpha value is -1.16. The minimum absolute atomic E-state index is 0.132. The number of nitrogens with one attached hydrogen (secondary N) is 1. The molecule has 0 saturated heterocycles. The van der Waals surface area contributed by atoms with Crippen LogP contribution < -0.4 is 5.32 Å². The van der Waals surface area contributed by atoms with Crippen LogP contribution in [-0.2, 0) is 6.54 Å².